The first kappa shape index (κ1) is 10.3. The van der Waals surface area contributed by atoms with Crippen molar-refractivity contribution < 1.29 is 16.8 Å². The van der Waals surface area contributed by atoms with Crippen molar-refractivity contribution >= 4 is 29.6 Å². The van der Waals surface area contributed by atoms with Gasteiger partial charge in [-0.1, -0.05) is 0 Å². The Bertz CT molecular complexity index is 341. The summed E-state index contributed by atoms with van der Waals surface area (Å²) in [5.74, 6) is -0.132. The van der Waals surface area contributed by atoms with Crippen molar-refractivity contribution in [1.29, 1.82) is 0 Å². The van der Waals surface area contributed by atoms with Crippen molar-refractivity contribution in [3.05, 3.63) is 0 Å². The second-order valence-corrected chi connectivity index (χ2v) is 8.04. The number of hydrogen-bond donors (Lipinski definition) is 0. The van der Waals surface area contributed by atoms with Crippen LogP contribution < -0.4 is 0 Å². The molecule has 72 valence electrons. The molecule has 0 aromatic rings. The predicted molar refractivity (Wildman–Crippen MR) is 46.4 cm³/mol. The van der Waals surface area contributed by atoms with Crippen LogP contribution in [-0.4, -0.2) is 33.6 Å². The summed E-state index contributed by atoms with van der Waals surface area (Å²) >= 11 is 0. The second kappa shape index (κ2) is 3.16. The quantitative estimate of drug-likeness (QED) is 0.603. The number of rotatable bonds is 1. The van der Waals surface area contributed by atoms with Crippen LogP contribution in [0, 0.1) is 0 Å². The molecule has 0 aromatic heterocycles. The highest BCUT2D eigenvalue weighted by atomic mass is 35.7. The number of halogens is 1. The summed E-state index contributed by atoms with van der Waals surface area (Å²) < 4.78 is 43.3. The normalized spacial score (nSPS) is 25.4. The molecule has 1 saturated heterocycles. The highest BCUT2D eigenvalue weighted by molar-refractivity contribution is 8.14. The molecule has 0 unspecified atom stereocenters. The van der Waals surface area contributed by atoms with Gasteiger partial charge in [-0.25, -0.2) is 16.8 Å². The van der Waals surface area contributed by atoms with Crippen LogP contribution in [0.3, 0.4) is 0 Å². The van der Waals surface area contributed by atoms with Crippen molar-refractivity contribution in [3.63, 3.8) is 0 Å². The first-order valence-corrected chi connectivity index (χ1v) is 7.64. The Kier molecular flexibility index (Phi) is 2.70. The van der Waals surface area contributed by atoms with Gasteiger partial charge in [0.2, 0.25) is 9.05 Å². The van der Waals surface area contributed by atoms with E-state index in [0.717, 1.165) is 0 Å². The van der Waals surface area contributed by atoms with E-state index in [-0.39, 0.29) is 24.3 Å². The fourth-order valence-electron chi connectivity index (χ4n) is 1.15. The molecule has 0 N–H and O–H groups in total. The first-order valence-electron chi connectivity index (χ1n) is 3.45. The Labute approximate surface area is 76.3 Å². The van der Waals surface area contributed by atoms with Crippen molar-refractivity contribution in [3.8, 4) is 0 Å². The van der Waals surface area contributed by atoms with Crippen LogP contribution in [-0.2, 0) is 18.9 Å². The summed E-state index contributed by atoms with van der Waals surface area (Å²) in [5, 5.41) is -0.678. The van der Waals surface area contributed by atoms with Gasteiger partial charge in [0.1, 0.15) is 9.84 Å². The zero-order valence-corrected chi connectivity index (χ0v) is 8.62. The lowest BCUT2D eigenvalue weighted by atomic mass is 10.2. The van der Waals surface area contributed by atoms with Gasteiger partial charge in [0.05, 0.1) is 16.8 Å². The largest absolute Gasteiger partial charge is 0.235 e. The van der Waals surface area contributed by atoms with Gasteiger partial charge in [-0.2, -0.15) is 0 Å². The van der Waals surface area contributed by atoms with Crippen molar-refractivity contribution in [2.45, 2.75) is 18.1 Å². The highest BCUT2D eigenvalue weighted by Gasteiger charge is 2.31. The molecule has 0 spiro atoms. The first-order chi connectivity index (χ1) is 5.31. The lowest BCUT2D eigenvalue weighted by Crippen LogP contribution is -2.30. The van der Waals surface area contributed by atoms with Gasteiger partial charge in [0.25, 0.3) is 0 Å². The summed E-state index contributed by atoms with van der Waals surface area (Å²) in [6.45, 7) is 0. The molecule has 7 heteroatoms. The highest BCUT2D eigenvalue weighted by Crippen LogP contribution is 2.21. The monoisotopic (exact) mass is 232 g/mol. The number of hydrogen-bond acceptors (Lipinski definition) is 4. The molecule has 4 nitrogen and oxygen atoms in total. The maximum absolute atomic E-state index is 10.9. The lowest BCUT2D eigenvalue weighted by Gasteiger charge is -2.18. The Morgan fingerprint density at radius 2 is 1.58 bits per heavy atom. The smallest absolute Gasteiger partial charge is 0.229 e. The fourth-order valence-corrected chi connectivity index (χ4v) is 4.27. The molecule has 1 aliphatic heterocycles. The molecule has 12 heavy (non-hydrogen) atoms. The van der Waals surface area contributed by atoms with E-state index in [0.29, 0.717) is 0 Å². The van der Waals surface area contributed by atoms with Gasteiger partial charge in [-0.05, 0) is 12.8 Å². The number of sulfone groups is 1. The topological polar surface area (TPSA) is 68.3 Å². The molecule has 0 radical (unpaired) electrons. The van der Waals surface area contributed by atoms with Crippen LogP contribution in [0.15, 0.2) is 0 Å². The molecule has 0 bridgehead atoms. The summed E-state index contributed by atoms with van der Waals surface area (Å²) in [4.78, 5) is 0. The molecule has 0 aliphatic carbocycles. The summed E-state index contributed by atoms with van der Waals surface area (Å²) in [7, 11) is -1.48. The third kappa shape index (κ3) is 2.60. The van der Waals surface area contributed by atoms with E-state index in [1.165, 1.54) is 0 Å². The Balaban J connectivity index is 2.71. The van der Waals surface area contributed by atoms with Crippen molar-refractivity contribution in [1.82, 2.24) is 0 Å². The lowest BCUT2D eigenvalue weighted by molar-refractivity contribution is 0.560. The van der Waals surface area contributed by atoms with E-state index in [2.05, 4.69) is 0 Å². The van der Waals surface area contributed by atoms with Gasteiger partial charge in [-0.15, -0.1) is 0 Å². The second-order valence-electron chi connectivity index (χ2n) is 2.83. The maximum Gasteiger partial charge on any atom is 0.235 e. The van der Waals surface area contributed by atoms with Crippen molar-refractivity contribution in [2.75, 3.05) is 11.5 Å². The van der Waals surface area contributed by atoms with Crippen LogP contribution in [0.2, 0.25) is 0 Å². The van der Waals surface area contributed by atoms with Gasteiger partial charge in [0.15, 0.2) is 0 Å². The van der Waals surface area contributed by atoms with Gasteiger partial charge < -0.3 is 0 Å². The Morgan fingerprint density at radius 3 is 1.92 bits per heavy atom. The SMILES string of the molecule is O=S1(=O)CCC(S(=O)(=O)Cl)CC1. The summed E-state index contributed by atoms with van der Waals surface area (Å²) in [5.41, 5.74) is 0. The van der Waals surface area contributed by atoms with E-state index >= 15 is 0 Å². The third-order valence-corrected chi connectivity index (χ3v) is 5.64. The zero-order valence-electron chi connectivity index (χ0n) is 6.23. The molecular formula is C5H9ClO4S2. The molecule has 0 atom stereocenters. The molecule has 1 fully saturated rings. The van der Waals surface area contributed by atoms with Crippen LogP contribution in [0.1, 0.15) is 12.8 Å². The zero-order chi connectivity index (χ0) is 9.41. The van der Waals surface area contributed by atoms with Gasteiger partial charge in [-0.3, -0.25) is 0 Å². The standard InChI is InChI=1S/C5H9ClO4S2/c6-12(9,10)5-1-3-11(7,8)4-2-5/h5H,1-4H2. The molecular weight excluding hydrogens is 224 g/mol. The van der Waals surface area contributed by atoms with Crippen LogP contribution in [0.4, 0.5) is 0 Å². The van der Waals surface area contributed by atoms with Crippen LogP contribution >= 0.6 is 10.7 Å². The fraction of sp³-hybridized carbons (Fsp3) is 1.00. The maximum atomic E-state index is 10.9. The average Bonchev–Trinajstić information content (AvgIpc) is 1.83. The van der Waals surface area contributed by atoms with E-state index in [1.807, 2.05) is 0 Å². The molecule has 1 rings (SSSR count). The average molecular weight is 233 g/mol. The van der Waals surface area contributed by atoms with Crippen LogP contribution in [0.5, 0.6) is 0 Å². The third-order valence-electron chi connectivity index (χ3n) is 1.90. The minimum absolute atomic E-state index is 0.0659. The minimum atomic E-state index is -3.57. The molecule has 0 aromatic carbocycles. The van der Waals surface area contributed by atoms with E-state index in [9.17, 15) is 16.8 Å². The van der Waals surface area contributed by atoms with E-state index < -0.39 is 24.1 Å². The van der Waals surface area contributed by atoms with E-state index in [4.69, 9.17) is 10.7 Å². The molecule has 1 aliphatic rings. The minimum Gasteiger partial charge on any atom is -0.229 e. The summed E-state index contributed by atoms with van der Waals surface area (Å²) in [6.07, 6.45) is 0.266. The van der Waals surface area contributed by atoms with Gasteiger partial charge in [0, 0.05) is 10.7 Å². The Hall–Kier alpha value is 0.190. The predicted octanol–water partition coefficient (Wildman–Crippen LogP) is 0.132. The Morgan fingerprint density at radius 1 is 1.17 bits per heavy atom. The van der Waals surface area contributed by atoms with Gasteiger partial charge >= 0.3 is 0 Å². The molecule has 1 heterocycles. The summed E-state index contributed by atoms with van der Waals surface area (Å²) in [6, 6.07) is 0. The van der Waals surface area contributed by atoms with Crippen LogP contribution in [0.25, 0.3) is 0 Å². The molecule has 0 saturated carbocycles. The van der Waals surface area contributed by atoms with E-state index in [1.54, 1.807) is 0 Å². The van der Waals surface area contributed by atoms with Crippen molar-refractivity contribution in [2.24, 2.45) is 0 Å². The molecule has 0 amide bonds.